The van der Waals surface area contributed by atoms with Crippen molar-refractivity contribution >= 4 is 22.4 Å². The van der Waals surface area contributed by atoms with Crippen LogP contribution in [0.3, 0.4) is 0 Å². The van der Waals surface area contributed by atoms with Crippen LogP contribution in [0, 0.1) is 18.3 Å². The van der Waals surface area contributed by atoms with Crippen LogP contribution in [0.5, 0.6) is 0 Å². The highest BCUT2D eigenvalue weighted by molar-refractivity contribution is 7.13. The Labute approximate surface area is 122 Å². The third-order valence-electron chi connectivity index (χ3n) is 2.28. The highest BCUT2D eigenvalue weighted by atomic mass is 32.1. The number of anilines is 1. The van der Waals surface area contributed by atoms with Crippen molar-refractivity contribution in [1.82, 2.24) is 10.3 Å². The number of thiazole rings is 1. The van der Waals surface area contributed by atoms with E-state index in [2.05, 4.69) is 15.6 Å². The Balaban J connectivity index is 2.40. The van der Waals surface area contributed by atoms with Gasteiger partial charge < -0.3 is 15.4 Å². The van der Waals surface area contributed by atoms with Gasteiger partial charge in [0.25, 0.3) is 5.91 Å². The normalized spacial score (nSPS) is 10.9. The maximum atomic E-state index is 11.7. The van der Waals surface area contributed by atoms with Crippen molar-refractivity contribution in [2.24, 2.45) is 0 Å². The summed E-state index contributed by atoms with van der Waals surface area (Å²) < 4.78 is 5.16. The third-order valence-corrected chi connectivity index (χ3v) is 3.17. The number of hydrogen-bond donors (Lipinski definition) is 2. The number of nitrogens with one attached hydrogen (secondary N) is 2. The molecule has 0 spiro atoms. The molecule has 2 N–H and O–H groups in total. The maximum Gasteiger partial charge on any atom is 0.263 e. The van der Waals surface area contributed by atoms with Gasteiger partial charge in [-0.2, -0.15) is 5.26 Å². The zero-order valence-corrected chi connectivity index (χ0v) is 12.4. The van der Waals surface area contributed by atoms with E-state index >= 15 is 0 Å². The molecule has 0 fully saturated rings. The predicted octanol–water partition coefficient (Wildman–Crippen LogP) is 1.81. The number of carbonyl (C=O) groups excluding carboxylic acids is 1. The number of carbonyl (C=O) groups is 1. The average molecular weight is 294 g/mol. The number of nitriles is 1. The van der Waals surface area contributed by atoms with Gasteiger partial charge in [0, 0.05) is 31.3 Å². The van der Waals surface area contributed by atoms with E-state index in [9.17, 15) is 4.79 Å². The summed E-state index contributed by atoms with van der Waals surface area (Å²) in [5.41, 5.74) is 0.916. The van der Waals surface area contributed by atoms with E-state index in [0.717, 1.165) is 12.1 Å². The first-order valence-electron chi connectivity index (χ1n) is 6.32. The molecular weight excluding hydrogens is 276 g/mol. The lowest BCUT2D eigenvalue weighted by molar-refractivity contribution is -0.117. The molecule has 20 heavy (non-hydrogen) atoms. The molecule has 0 saturated carbocycles. The molecule has 0 radical (unpaired) electrons. The fraction of sp³-hybridized carbons (Fsp3) is 0.462. The molecule has 0 aliphatic carbocycles. The molecular formula is C13H18N4O2S. The second-order valence-corrected chi connectivity index (χ2v) is 4.77. The van der Waals surface area contributed by atoms with Gasteiger partial charge in [-0.1, -0.05) is 0 Å². The molecule has 6 nitrogen and oxygen atoms in total. The fourth-order valence-corrected chi connectivity index (χ4v) is 1.98. The van der Waals surface area contributed by atoms with Crippen LogP contribution >= 0.6 is 11.3 Å². The van der Waals surface area contributed by atoms with Gasteiger partial charge in [-0.15, -0.1) is 11.3 Å². The van der Waals surface area contributed by atoms with E-state index in [1.165, 1.54) is 17.5 Å². The van der Waals surface area contributed by atoms with E-state index in [4.69, 9.17) is 10.00 Å². The lowest BCUT2D eigenvalue weighted by Crippen LogP contribution is -2.26. The Kier molecular flexibility index (Phi) is 7.32. The van der Waals surface area contributed by atoms with Gasteiger partial charge in [-0.25, -0.2) is 4.98 Å². The Bertz CT molecular complexity index is 505. The molecule has 1 aromatic rings. The summed E-state index contributed by atoms with van der Waals surface area (Å²) in [6.07, 6.45) is 2.09. The zero-order chi connectivity index (χ0) is 14.8. The standard InChI is InChI=1S/C13H18N4O2S/c1-3-19-6-4-5-15-12(18)11(7-14)8-16-13-17-10(2)9-20-13/h8-9H,3-6H2,1-2H3,(H,15,18)(H,16,17)/b11-8-. The van der Waals surface area contributed by atoms with Gasteiger partial charge in [0.1, 0.15) is 11.6 Å². The number of aromatic nitrogens is 1. The van der Waals surface area contributed by atoms with Crippen LogP contribution < -0.4 is 10.6 Å². The second-order valence-electron chi connectivity index (χ2n) is 3.91. The molecule has 0 aliphatic heterocycles. The zero-order valence-electron chi connectivity index (χ0n) is 11.6. The van der Waals surface area contributed by atoms with Crippen molar-refractivity contribution in [1.29, 1.82) is 5.26 Å². The topological polar surface area (TPSA) is 87.0 Å². The van der Waals surface area contributed by atoms with Gasteiger partial charge in [0.05, 0.1) is 5.69 Å². The quantitative estimate of drug-likeness (QED) is 0.434. The molecule has 1 aromatic heterocycles. The van der Waals surface area contributed by atoms with Gasteiger partial charge in [-0.3, -0.25) is 4.79 Å². The SMILES string of the molecule is CCOCCCNC(=O)/C(C#N)=C\Nc1nc(C)cs1. The summed E-state index contributed by atoms with van der Waals surface area (Å²) in [4.78, 5) is 15.9. The molecule has 0 aliphatic rings. The Morgan fingerprint density at radius 3 is 3.05 bits per heavy atom. The molecule has 0 unspecified atom stereocenters. The second kappa shape index (κ2) is 9.07. The van der Waals surface area contributed by atoms with Crippen molar-refractivity contribution in [3.63, 3.8) is 0 Å². The highest BCUT2D eigenvalue weighted by Crippen LogP contribution is 2.14. The highest BCUT2D eigenvalue weighted by Gasteiger charge is 2.08. The minimum atomic E-state index is -0.398. The van der Waals surface area contributed by atoms with E-state index in [1.54, 1.807) is 0 Å². The van der Waals surface area contributed by atoms with Crippen LogP contribution in [0.4, 0.5) is 5.13 Å². The minimum absolute atomic E-state index is 0.0225. The van der Waals surface area contributed by atoms with Gasteiger partial charge in [0.2, 0.25) is 0 Å². The Hall–Kier alpha value is -1.91. The Morgan fingerprint density at radius 1 is 1.65 bits per heavy atom. The summed E-state index contributed by atoms with van der Waals surface area (Å²) in [5.74, 6) is -0.398. The smallest absolute Gasteiger partial charge is 0.263 e. The fourth-order valence-electron chi connectivity index (χ4n) is 1.32. The monoisotopic (exact) mass is 294 g/mol. The third kappa shape index (κ3) is 5.82. The van der Waals surface area contributed by atoms with Crippen LogP contribution in [-0.2, 0) is 9.53 Å². The average Bonchev–Trinajstić information content (AvgIpc) is 2.85. The first kappa shape index (κ1) is 16.1. The molecule has 108 valence electrons. The number of hydrogen-bond acceptors (Lipinski definition) is 6. The van der Waals surface area contributed by atoms with E-state index < -0.39 is 5.91 Å². The lowest BCUT2D eigenvalue weighted by atomic mass is 10.3. The molecule has 0 aromatic carbocycles. The van der Waals surface area contributed by atoms with Gasteiger partial charge in [-0.05, 0) is 20.3 Å². The summed E-state index contributed by atoms with van der Waals surface area (Å²) in [7, 11) is 0. The summed E-state index contributed by atoms with van der Waals surface area (Å²) in [6, 6.07) is 1.86. The molecule has 0 bridgehead atoms. The largest absolute Gasteiger partial charge is 0.382 e. The molecule has 0 saturated heterocycles. The van der Waals surface area contributed by atoms with Crippen LogP contribution in [0.1, 0.15) is 19.0 Å². The number of nitrogens with zero attached hydrogens (tertiary/aromatic N) is 2. The van der Waals surface area contributed by atoms with Crippen molar-refractivity contribution in [2.45, 2.75) is 20.3 Å². The number of rotatable bonds is 8. The van der Waals surface area contributed by atoms with Gasteiger partial charge >= 0.3 is 0 Å². The van der Waals surface area contributed by atoms with Crippen LogP contribution in [0.15, 0.2) is 17.2 Å². The lowest BCUT2D eigenvalue weighted by Gasteiger charge is -2.04. The number of aryl methyl sites for hydroxylation is 1. The van der Waals surface area contributed by atoms with E-state index in [-0.39, 0.29) is 5.57 Å². The maximum absolute atomic E-state index is 11.7. The first-order valence-corrected chi connectivity index (χ1v) is 7.20. The number of amides is 1. The summed E-state index contributed by atoms with van der Waals surface area (Å²) in [5, 5.41) is 17.0. The van der Waals surface area contributed by atoms with E-state index in [1.807, 2.05) is 25.3 Å². The van der Waals surface area contributed by atoms with Crippen LogP contribution in [0.25, 0.3) is 0 Å². The summed E-state index contributed by atoms with van der Waals surface area (Å²) in [6.45, 7) is 5.53. The van der Waals surface area contributed by atoms with Crippen molar-refractivity contribution < 1.29 is 9.53 Å². The molecule has 1 rings (SSSR count). The van der Waals surface area contributed by atoms with Crippen molar-refractivity contribution in [3.05, 3.63) is 22.8 Å². The first-order chi connectivity index (χ1) is 9.67. The molecule has 0 atom stereocenters. The summed E-state index contributed by atoms with van der Waals surface area (Å²) >= 11 is 1.42. The Morgan fingerprint density at radius 2 is 2.45 bits per heavy atom. The molecule has 7 heteroatoms. The predicted molar refractivity (Wildman–Crippen MR) is 78.3 cm³/mol. The van der Waals surface area contributed by atoms with Crippen molar-refractivity contribution in [3.8, 4) is 6.07 Å². The van der Waals surface area contributed by atoms with Gasteiger partial charge in [0.15, 0.2) is 5.13 Å². The van der Waals surface area contributed by atoms with E-state index in [0.29, 0.717) is 24.9 Å². The van der Waals surface area contributed by atoms with Crippen molar-refractivity contribution in [2.75, 3.05) is 25.1 Å². The molecule has 1 heterocycles. The minimum Gasteiger partial charge on any atom is -0.382 e. The van der Waals surface area contributed by atoms with Crippen LogP contribution in [-0.4, -0.2) is 30.6 Å². The number of ether oxygens (including phenoxy) is 1. The van der Waals surface area contributed by atoms with Crippen LogP contribution in [0.2, 0.25) is 0 Å². The molecule has 1 amide bonds.